The van der Waals surface area contributed by atoms with Gasteiger partial charge in [0.1, 0.15) is 0 Å². The summed E-state index contributed by atoms with van der Waals surface area (Å²) in [4.78, 5) is 4.13. The first kappa shape index (κ1) is 12.1. The highest BCUT2D eigenvalue weighted by Crippen LogP contribution is 2.19. The largest absolute Gasteiger partial charge is 0.316 e. The summed E-state index contributed by atoms with van der Waals surface area (Å²) in [7, 11) is 2.01. The minimum atomic E-state index is 0.997. The molecule has 0 amide bonds. The zero-order chi connectivity index (χ0) is 11.2. The van der Waals surface area contributed by atoms with E-state index in [1.54, 1.807) is 0 Å². The minimum Gasteiger partial charge on any atom is -0.316 e. The summed E-state index contributed by atoms with van der Waals surface area (Å²) >= 11 is 1.91. The zero-order valence-corrected chi connectivity index (χ0v) is 11.0. The van der Waals surface area contributed by atoms with Gasteiger partial charge in [0, 0.05) is 18.0 Å². The fourth-order valence-corrected chi connectivity index (χ4v) is 3.25. The lowest BCUT2D eigenvalue weighted by Gasteiger charge is -2.18. The van der Waals surface area contributed by atoms with Crippen LogP contribution >= 0.6 is 11.3 Å². The molecule has 0 aromatic carbocycles. The van der Waals surface area contributed by atoms with E-state index in [1.807, 2.05) is 18.4 Å². The van der Waals surface area contributed by atoms with Crippen LogP contribution in [0.15, 0.2) is 11.4 Å². The average molecular weight is 238 g/mol. The molecule has 0 spiro atoms. The first-order valence-corrected chi connectivity index (χ1v) is 7.19. The number of nitrogens with one attached hydrogen (secondary N) is 1. The SMILES string of the molecule is CNCc1csc(CN2CCCCCC2)c1. The first-order valence-electron chi connectivity index (χ1n) is 6.32. The highest BCUT2D eigenvalue weighted by molar-refractivity contribution is 7.10. The lowest BCUT2D eigenvalue weighted by atomic mass is 10.2. The monoisotopic (exact) mass is 238 g/mol. The standard InChI is InChI=1S/C13H22N2S/c1-14-9-12-8-13(16-11-12)10-15-6-4-2-3-5-7-15/h8,11,14H,2-7,9-10H2,1H3. The molecule has 1 saturated heterocycles. The molecule has 0 saturated carbocycles. The summed E-state index contributed by atoms with van der Waals surface area (Å²) in [6, 6.07) is 2.35. The second-order valence-corrected chi connectivity index (χ2v) is 5.64. The molecular weight excluding hydrogens is 216 g/mol. The maximum absolute atomic E-state index is 3.20. The van der Waals surface area contributed by atoms with Crippen LogP contribution in [0, 0.1) is 0 Å². The van der Waals surface area contributed by atoms with Gasteiger partial charge in [0.15, 0.2) is 0 Å². The highest BCUT2D eigenvalue weighted by Gasteiger charge is 2.10. The third-order valence-electron chi connectivity index (χ3n) is 3.17. The van der Waals surface area contributed by atoms with Gasteiger partial charge in [-0.3, -0.25) is 4.90 Å². The van der Waals surface area contributed by atoms with E-state index in [0.717, 1.165) is 13.1 Å². The quantitative estimate of drug-likeness (QED) is 0.867. The third kappa shape index (κ3) is 3.58. The van der Waals surface area contributed by atoms with Crippen molar-refractivity contribution in [2.45, 2.75) is 38.8 Å². The van der Waals surface area contributed by atoms with Crippen LogP contribution in [0.1, 0.15) is 36.1 Å². The Morgan fingerprint density at radius 3 is 2.69 bits per heavy atom. The zero-order valence-electron chi connectivity index (χ0n) is 10.2. The Balaban J connectivity index is 1.86. The van der Waals surface area contributed by atoms with Gasteiger partial charge in [-0.25, -0.2) is 0 Å². The minimum absolute atomic E-state index is 0.997. The number of hydrogen-bond donors (Lipinski definition) is 1. The molecule has 16 heavy (non-hydrogen) atoms. The van der Waals surface area contributed by atoms with Gasteiger partial charge in [0.2, 0.25) is 0 Å². The van der Waals surface area contributed by atoms with E-state index in [4.69, 9.17) is 0 Å². The van der Waals surface area contributed by atoms with Crippen LogP contribution in [0.25, 0.3) is 0 Å². The van der Waals surface area contributed by atoms with Crippen LogP contribution in [0.5, 0.6) is 0 Å². The fraction of sp³-hybridized carbons (Fsp3) is 0.692. The molecule has 1 aliphatic heterocycles. The normalized spacial score (nSPS) is 18.6. The Labute approximate surface area is 103 Å². The summed E-state index contributed by atoms with van der Waals surface area (Å²) in [5, 5.41) is 5.49. The number of rotatable bonds is 4. The molecule has 90 valence electrons. The topological polar surface area (TPSA) is 15.3 Å². The summed E-state index contributed by atoms with van der Waals surface area (Å²) in [6.07, 6.45) is 5.61. The summed E-state index contributed by atoms with van der Waals surface area (Å²) in [5.74, 6) is 0. The lowest BCUT2D eigenvalue weighted by Crippen LogP contribution is -2.23. The van der Waals surface area contributed by atoms with Crippen molar-refractivity contribution in [3.63, 3.8) is 0 Å². The van der Waals surface area contributed by atoms with E-state index in [2.05, 4.69) is 21.7 Å². The Kier molecular flexibility index (Phi) is 4.82. The number of likely N-dealkylation sites (tertiary alicyclic amines) is 1. The number of thiophene rings is 1. The van der Waals surface area contributed by atoms with Crippen molar-refractivity contribution < 1.29 is 0 Å². The molecule has 2 heterocycles. The summed E-state index contributed by atoms with van der Waals surface area (Å²) in [5.41, 5.74) is 1.43. The Morgan fingerprint density at radius 2 is 2.00 bits per heavy atom. The van der Waals surface area contributed by atoms with Gasteiger partial charge in [0.25, 0.3) is 0 Å². The molecule has 1 fully saturated rings. The Bertz CT molecular complexity index is 301. The highest BCUT2D eigenvalue weighted by atomic mass is 32.1. The van der Waals surface area contributed by atoms with Crippen LogP contribution in [0.4, 0.5) is 0 Å². The fourth-order valence-electron chi connectivity index (χ4n) is 2.32. The van der Waals surface area contributed by atoms with Gasteiger partial charge in [-0.15, -0.1) is 11.3 Å². The van der Waals surface area contributed by atoms with E-state index in [-0.39, 0.29) is 0 Å². The van der Waals surface area contributed by atoms with Gasteiger partial charge in [-0.2, -0.15) is 0 Å². The van der Waals surface area contributed by atoms with Crippen molar-refractivity contribution in [2.24, 2.45) is 0 Å². The maximum Gasteiger partial charge on any atom is 0.0328 e. The van der Waals surface area contributed by atoms with Crippen molar-refractivity contribution in [3.05, 3.63) is 21.9 Å². The van der Waals surface area contributed by atoms with Crippen LogP contribution < -0.4 is 5.32 Å². The average Bonchev–Trinajstić information content (AvgIpc) is 2.56. The van der Waals surface area contributed by atoms with Gasteiger partial charge >= 0.3 is 0 Å². The molecule has 0 bridgehead atoms. The summed E-state index contributed by atoms with van der Waals surface area (Å²) < 4.78 is 0. The van der Waals surface area contributed by atoms with E-state index in [9.17, 15) is 0 Å². The van der Waals surface area contributed by atoms with E-state index in [1.165, 1.54) is 49.2 Å². The molecular formula is C13H22N2S. The number of nitrogens with zero attached hydrogens (tertiary/aromatic N) is 1. The Morgan fingerprint density at radius 1 is 1.25 bits per heavy atom. The van der Waals surface area contributed by atoms with Crippen LogP contribution in [0.3, 0.4) is 0 Å². The molecule has 0 unspecified atom stereocenters. The van der Waals surface area contributed by atoms with Crippen molar-refractivity contribution >= 4 is 11.3 Å². The lowest BCUT2D eigenvalue weighted by molar-refractivity contribution is 0.279. The second-order valence-electron chi connectivity index (χ2n) is 4.64. The van der Waals surface area contributed by atoms with E-state index in [0.29, 0.717) is 0 Å². The molecule has 2 nitrogen and oxygen atoms in total. The van der Waals surface area contributed by atoms with Crippen molar-refractivity contribution in [2.75, 3.05) is 20.1 Å². The van der Waals surface area contributed by atoms with Crippen LogP contribution in [0.2, 0.25) is 0 Å². The van der Waals surface area contributed by atoms with Crippen LogP contribution in [-0.4, -0.2) is 25.0 Å². The first-order chi connectivity index (χ1) is 7.88. The van der Waals surface area contributed by atoms with Gasteiger partial charge in [0.05, 0.1) is 0 Å². The van der Waals surface area contributed by atoms with Gasteiger partial charge in [-0.05, 0) is 50.0 Å². The predicted octanol–water partition coefficient (Wildman–Crippen LogP) is 2.84. The number of hydrogen-bond acceptors (Lipinski definition) is 3. The van der Waals surface area contributed by atoms with Gasteiger partial charge in [-0.1, -0.05) is 12.8 Å². The molecule has 1 N–H and O–H groups in total. The molecule has 2 rings (SSSR count). The van der Waals surface area contributed by atoms with E-state index < -0.39 is 0 Å². The smallest absolute Gasteiger partial charge is 0.0328 e. The predicted molar refractivity (Wildman–Crippen MR) is 70.8 cm³/mol. The Hall–Kier alpha value is -0.380. The summed E-state index contributed by atoms with van der Waals surface area (Å²) in [6.45, 7) is 4.74. The van der Waals surface area contributed by atoms with Crippen molar-refractivity contribution in [1.29, 1.82) is 0 Å². The molecule has 1 aliphatic rings. The molecule has 1 aromatic rings. The molecule has 0 atom stereocenters. The molecule has 0 aliphatic carbocycles. The maximum atomic E-state index is 3.20. The van der Waals surface area contributed by atoms with Crippen LogP contribution in [-0.2, 0) is 13.1 Å². The molecule has 1 aromatic heterocycles. The van der Waals surface area contributed by atoms with Crippen molar-refractivity contribution in [1.82, 2.24) is 10.2 Å². The van der Waals surface area contributed by atoms with E-state index >= 15 is 0 Å². The second kappa shape index (κ2) is 6.38. The molecule has 0 radical (unpaired) electrons. The molecule has 3 heteroatoms. The third-order valence-corrected chi connectivity index (χ3v) is 4.14. The van der Waals surface area contributed by atoms with Gasteiger partial charge < -0.3 is 5.32 Å². The van der Waals surface area contributed by atoms with Crippen molar-refractivity contribution in [3.8, 4) is 0 Å².